The largest absolute Gasteiger partial charge is 0.484 e. The maximum absolute atomic E-state index is 13.2. The second-order valence-corrected chi connectivity index (χ2v) is 11.6. The number of benzene rings is 2. The lowest BCUT2D eigenvalue weighted by Crippen LogP contribution is -2.55. The molecule has 1 saturated heterocycles. The van der Waals surface area contributed by atoms with Gasteiger partial charge in [0.15, 0.2) is 12.9 Å². The summed E-state index contributed by atoms with van der Waals surface area (Å²) in [6.07, 6.45) is 1.70. The summed E-state index contributed by atoms with van der Waals surface area (Å²) in [5, 5.41) is 4.10. The Morgan fingerprint density at radius 1 is 1.09 bits per heavy atom. The molecule has 1 heterocycles. The Kier molecular flexibility index (Phi) is 8.10. The fourth-order valence-electron chi connectivity index (χ4n) is 4.47. The van der Waals surface area contributed by atoms with Crippen LogP contribution in [0.5, 0.6) is 5.75 Å². The molecule has 2 aromatic rings. The molecule has 1 unspecified atom stereocenters. The second kappa shape index (κ2) is 10.5. The van der Waals surface area contributed by atoms with Crippen LogP contribution in [0, 0.1) is 0 Å². The third kappa shape index (κ3) is 6.39. The molecule has 5 nitrogen and oxygen atoms in total. The van der Waals surface area contributed by atoms with Crippen molar-refractivity contribution in [1.29, 1.82) is 0 Å². The third-order valence-corrected chi connectivity index (χ3v) is 6.56. The summed E-state index contributed by atoms with van der Waals surface area (Å²) in [4.78, 5) is 27.1. The number of hydrogen-bond acceptors (Lipinski definition) is 4. The van der Waals surface area contributed by atoms with Crippen molar-refractivity contribution >= 4 is 23.8 Å². The van der Waals surface area contributed by atoms with Gasteiger partial charge in [0, 0.05) is 36.3 Å². The van der Waals surface area contributed by atoms with Crippen molar-refractivity contribution in [3.05, 3.63) is 63.7 Å². The van der Waals surface area contributed by atoms with Gasteiger partial charge in [-0.15, -0.1) is 0 Å². The predicted octanol–water partition coefficient (Wildman–Crippen LogP) is 5.17. The molecule has 2 aromatic carbocycles. The van der Waals surface area contributed by atoms with E-state index in [1.807, 2.05) is 41.3 Å². The summed E-state index contributed by atoms with van der Waals surface area (Å²) in [7, 11) is 0. The minimum absolute atomic E-state index is 0.0328. The number of ether oxygens (including phenoxy) is 1. The van der Waals surface area contributed by atoms with Crippen LogP contribution in [0.2, 0.25) is 5.02 Å². The average molecular weight is 485 g/mol. The minimum Gasteiger partial charge on any atom is -0.484 e. The lowest BCUT2D eigenvalue weighted by atomic mass is 9.76. The summed E-state index contributed by atoms with van der Waals surface area (Å²) in [6, 6.07) is 11.7. The molecule has 0 saturated carbocycles. The van der Waals surface area contributed by atoms with Crippen LogP contribution in [-0.4, -0.2) is 49.4 Å². The van der Waals surface area contributed by atoms with Crippen LogP contribution < -0.4 is 10.1 Å². The smallest absolute Gasteiger partial charge is 0.260 e. The van der Waals surface area contributed by atoms with Gasteiger partial charge in [-0.3, -0.25) is 9.59 Å². The van der Waals surface area contributed by atoms with Crippen molar-refractivity contribution in [2.75, 3.05) is 26.2 Å². The van der Waals surface area contributed by atoms with Gasteiger partial charge in [0.05, 0.1) is 0 Å². The number of hydrogen-bond donors (Lipinski definition) is 1. The molecule has 184 valence electrons. The van der Waals surface area contributed by atoms with E-state index >= 15 is 0 Å². The Morgan fingerprint density at radius 2 is 1.68 bits per heavy atom. The molecule has 34 heavy (non-hydrogen) atoms. The number of aldehydes is 1. The van der Waals surface area contributed by atoms with Gasteiger partial charge in [0.1, 0.15) is 5.75 Å². The van der Waals surface area contributed by atoms with Crippen molar-refractivity contribution < 1.29 is 14.3 Å². The number of carbonyl (C=O) groups excluding carboxylic acids is 2. The quantitative estimate of drug-likeness (QED) is 0.574. The number of piperazine rings is 1. The van der Waals surface area contributed by atoms with Crippen LogP contribution >= 0.6 is 11.6 Å². The van der Waals surface area contributed by atoms with Crippen molar-refractivity contribution in [2.45, 2.75) is 64.8 Å². The maximum atomic E-state index is 13.2. The van der Waals surface area contributed by atoms with Crippen LogP contribution in [0.4, 0.5) is 0 Å². The molecule has 6 heteroatoms. The number of halogens is 1. The molecule has 0 spiro atoms. The van der Waals surface area contributed by atoms with Crippen molar-refractivity contribution in [1.82, 2.24) is 10.2 Å². The van der Waals surface area contributed by atoms with Crippen LogP contribution in [-0.2, 0) is 22.0 Å². The maximum Gasteiger partial charge on any atom is 0.260 e. The zero-order valence-corrected chi connectivity index (χ0v) is 22.0. The van der Waals surface area contributed by atoms with Gasteiger partial charge in [-0.1, -0.05) is 65.3 Å². The Hall–Kier alpha value is -2.37. The molecule has 1 amide bonds. The van der Waals surface area contributed by atoms with E-state index in [0.717, 1.165) is 42.5 Å². The summed E-state index contributed by atoms with van der Waals surface area (Å²) in [6.45, 7) is 14.6. The van der Waals surface area contributed by atoms with Gasteiger partial charge in [-0.05, 0) is 58.2 Å². The molecule has 3 rings (SSSR count). The van der Waals surface area contributed by atoms with E-state index in [1.165, 1.54) is 0 Å². The predicted molar refractivity (Wildman–Crippen MR) is 138 cm³/mol. The summed E-state index contributed by atoms with van der Waals surface area (Å²) < 4.78 is 6.06. The number of nitrogens with one attached hydrogen (secondary N) is 1. The lowest BCUT2D eigenvalue weighted by molar-refractivity contribution is -0.136. The highest BCUT2D eigenvalue weighted by Crippen LogP contribution is 2.36. The Balaban J connectivity index is 1.79. The zero-order valence-electron chi connectivity index (χ0n) is 21.2. The van der Waals surface area contributed by atoms with Crippen LogP contribution in [0.15, 0.2) is 36.4 Å². The SMILES string of the molecule is CC(C)(C)c1cc(OCC(=O)N2CCNCC2Cc2ccc(Cl)cc2)cc(C(C)(C)C)c1C=O. The van der Waals surface area contributed by atoms with Gasteiger partial charge in [0.2, 0.25) is 0 Å². The lowest BCUT2D eigenvalue weighted by Gasteiger charge is -2.36. The Morgan fingerprint density at radius 3 is 2.21 bits per heavy atom. The first-order valence-corrected chi connectivity index (χ1v) is 12.3. The number of nitrogens with zero attached hydrogens (tertiary/aromatic N) is 1. The van der Waals surface area contributed by atoms with Gasteiger partial charge >= 0.3 is 0 Å². The highest BCUT2D eigenvalue weighted by Gasteiger charge is 2.29. The molecular formula is C28H37ClN2O3. The first-order valence-electron chi connectivity index (χ1n) is 11.9. The van der Waals surface area contributed by atoms with Crippen molar-refractivity contribution in [3.8, 4) is 5.75 Å². The zero-order chi connectivity index (χ0) is 25.1. The van der Waals surface area contributed by atoms with Crippen molar-refractivity contribution in [2.24, 2.45) is 0 Å². The monoisotopic (exact) mass is 484 g/mol. The second-order valence-electron chi connectivity index (χ2n) is 11.1. The molecule has 0 aromatic heterocycles. The highest BCUT2D eigenvalue weighted by molar-refractivity contribution is 6.30. The van der Waals surface area contributed by atoms with E-state index in [2.05, 4.69) is 46.9 Å². The highest BCUT2D eigenvalue weighted by atomic mass is 35.5. The van der Waals surface area contributed by atoms with E-state index in [-0.39, 0.29) is 29.4 Å². The number of carbonyl (C=O) groups is 2. The average Bonchev–Trinajstić information content (AvgIpc) is 2.77. The fourth-order valence-corrected chi connectivity index (χ4v) is 4.60. The summed E-state index contributed by atoms with van der Waals surface area (Å²) >= 11 is 6.02. The van der Waals surface area contributed by atoms with E-state index in [9.17, 15) is 9.59 Å². The van der Waals surface area contributed by atoms with E-state index in [1.54, 1.807) is 0 Å². The minimum atomic E-state index is -0.234. The first kappa shape index (κ1) is 26.2. The molecule has 0 radical (unpaired) electrons. The molecule has 1 atom stereocenters. The van der Waals surface area contributed by atoms with Gasteiger partial charge in [-0.25, -0.2) is 0 Å². The van der Waals surface area contributed by atoms with Gasteiger partial charge in [-0.2, -0.15) is 0 Å². The standard InChI is InChI=1S/C28H37ClN2O3/c1-27(2,3)24-14-22(15-25(23(24)17-32)28(4,5)6)34-18-26(33)31-12-11-30-16-21(31)13-19-7-9-20(29)10-8-19/h7-10,14-15,17,21,30H,11-13,16,18H2,1-6H3. The first-order chi connectivity index (χ1) is 15.9. The normalized spacial score (nSPS) is 16.9. The van der Waals surface area contributed by atoms with Crippen LogP contribution in [0.1, 0.15) is 68.6 Å². The van der Waals surface area contributed by atoms with E-state index in [0.29, 0.717) is 22.9 Å². The fraction of sp³-hybridized carbons (Fsp3) is 0.500. The molecule has 0 aliphatic carbocycles. The number of rotatable bonds is 6. The van der Waals surface area contributed by atoms with E-state index < -0.39 is 0 Å². The third-order valence-electron chi connectivity index (χ3n) is 6.30. The van der Waals surface area contributed by atoms with Gasteiger partial charge < -0.3 is 15.0 Å². The Labute approximate surface area is 208 Å². The molecule has 1 fully saturated rings. The molecule has 1 aliphatic heterocycles. The number of amides is 1. The molecular weight excluding hydrogens is 448 g/mol. The molecule has 1 aliphatic rings. The summed E-state index contributed by atoms with van der Waals surface area (Å²) in [5.41, 5.74) is 3.25. The van der Waals surface area contributed by atoms with Gasteiger partial charge in [0.25, 0.3) is 5.91 Å². The van der Waals surface area contributed by atoms with E-state index in [4.69, 9.17) is 16.3 Å². The molecule has 0 bridgehead atoms. The van der Waals surface area contributed by atoms with Crippen LogP contribution in [0.25, 0.3) is 0 Å². The summed E-state index contributed by atoms with van der Waals surface area (Å²) in [5.74, 6) is 0.590. The Bertz CT molecular complexity index is 984. The molecule has 1 N–H and O–H groups in total. The topological polar surface area (TPSA) is 58.6 Å². The van der Waals surface area contributed by atoms with Crippen LogP contribution in [0.3, 0.4) is 0 Å². The van der Waals surface area contributed by atoms with Crippen molar-refractivity contribution in [3.63, 3.8) is 0 Å².